The molecule has 7 nitrogen and oxygen atoms in total. The molecule has 2 aromatic rings. The first-order valence-electron chi connectivity index (χ1n) is 8.79. The van der Waals surface area contributed by atoms with Gasteiger partial charge in [-0.25, -0.2) is 13.6 Å². The maximum atomic E-state index is 12.1. The van der Waals surface area contributed by atoms with Crippen LogP contribution in [0, 0.1) is 0 Å². The van der Waals surface area contributed by atoms with Crippen LogP contribution in [0.3, 0.4) is 0 Å². The summed E-state index contributed by atoms with van der Waals surface area (Å²) in [5.41, 5.74) is 2.67. The van der Waals surface area contributed by atoms with Crippen molar-refractivity contribution < 1.29 is 18.0 Å². The maximum Gasteiger partial charge on any atom is 0.248 e. The molecule has 1 aliphatic rings. The standard InChI is InChI=1S/C20H21N3O4S/c21-28(26,27)14-16-3-1-4-17(13-16)22-19(24)11-8-15-6-9-18(10-7-15)23-12-2-5-20(23)25/h1,3-4,6-11,13H,2,5,12,14H2,(H,22,24)(H2,21,26,27)/b11-8+. The average molecular weight is 399 g/mol. The first-order valence-corrected chi connectivity index (χ1v) is 10.5. The van der Waals surface area contributed by atoms with Crippen molar-refractivity contribution in [3.63, 3.8) is 0 Å². The number of amides is 2. The Labute approximate surface area is 163 Å². The molecule has 0 saturated carbocycles. The van der Waals surface area contributed by atoms with Crippen molar-refractivity contribution in [1.29, 1.82) is 0 Å². The number of carbonyl (C=O) groups excluding carboxylic acids is 2. The van der Waals surface area contributed by atoms with Crippen LogP contribution in [0.4, 0.5) is 11.4 Å². The molecule has 0 bridgehead atoms. The molecule has 0 aromatic heterocycles. The summed E-state index contributed by atoms with van der Waals surface area (Å²) in [6.07, 6.45) is 4.51. The molecule has 146 valence electrons. The summed E-state index contributed by atoms with van der Waals surface area (Å²) in [6.45, 7) is 0.737. The van der Waals surface area contributed by atoms with Crippen LogP contribution >= 0.6 is 0 Å². The van der Waals surface area contributed by atoms with Gasteiger partial charge in [0, 0.05) is 30.4 Å². The number of rotatable bonds is 6. The van der Waals surface area contributed by atoms with E-state index in [0.717, 1.165) is 24.2 Å². The lowest BCUT2D eigenvalue weighted by molar-refractivity contribution is -0.117. The topological polar surface area (TPSA) is 110 Å². The molecule has 3 N–H and O–H groups in total. The smallest absolute Gasteiger partial charge is 0.248 e. The van der Waals surface area contributed by atoms with Gasteiger partial charge in [-0.1, -0.05) is 24.3 Å². The number of primary sulfonamides is 1. The normalized spacial score (nSPS) is 14.6. The molecule has 2 amide bonds. The first-order chi connectivity index (χ1) is 13.3. The molecule has 0 spiro atoms. The summed E-state index contributed by atoms with van der Waals surface area (Å²) < 4.78 is 22.4. The molecule has 8 heteroatoms. The second kappa shape index (κ2) is 8.37. The Kier molecular flexibility index (Phi) is 5.91. The SMILES string of the molecule is NS(=O)(=O)Cc1cccc(NC(=O)/C=C/c2ccc(N3CCCC3=O)cc2)c1. The average Bonchev–Trinajstić information content (AvgIpc) is 3.05. The quantitative estimate of drug-likeness (QED) is 0.726. The summed E-state index contributed by atoms with van der Waals surface area (Å²) in [5, 5.41) is 7.73. The van der Waals surface area contributed by atoms with E-state index in [2.05, 4.69) is 5.32 Å². The summed E-state index contributed by atoms with van der Waals surface area (Å²) in [5.74, 6) is -0.503. The van der Waals surface area contributed by atoms with Crippen LogP contribution in [0.5, 0.6) is 0 Å². The number of anilines is 2. The summed E-state index contributed by atoms with van der Waals surface area (Å²) >= 11 is 0. The third-order valence-corrected chi connectivity index (χ3v) is 5.00. The van der Waals surface area contributed by atoms with Gasteiger partial charge in [0.05, 0.1) is 5.75 Å². The van der Waals surface area contributed by atoms with Crippen LogP contribution in [-0.2, 0) is 25.4 Å². The van der Waals surface area contributed by atoms with Crippen molar-refractivity contribution in [2.24, 2.45) is 5.14 Å². The minimum Gasteiger partial charge on any atom is -0.323 e. The lowest BCUT2D eigenvalue weighted by Gasteiger charge is -2.15. The van der Waals surface area contributed by atoms with Crippen LogP contribution in [0.25, 0.3) is 6.08 Å². The molecule has 0 aliphatic carbocycles. The molecular formula is C20H21N3O4S. The number of nitrogens with one attached hydrogen (secondary N) is 1. The molecule has 1 aliphatic heterocycles. The zero-order valence-electron chi connectivity index (χ0n) is 15.2. The van der Waals surface area contributed by atoms with E-state index >= 15 is 0 Å². The maximum absolute atomic E-state index is 12.1. The van der Waals surface area contributed by atoms with E-state index in [-0.39, 0.29) is 17.6 Å². The third kappa shape index (κ3) is 5.51. The lowest BCUT2D eigenvalue weighted by Crippen LogP contribution is -2.23. The monoisotopic (exact) mass is 399 g/mol. The van der Waals surface area contributed by atoms with Gasteiger partial charge in [0.25, 0.3) is 0 Å². The van der Waals surface area contributed by atoms with E-state index in [0.29, 0.717) is 17.7 Å². The molecule has 2 aromatic carbocycles. The number of nitrogens with two attached hydrogens (primary N) is 1. The number of benzene rings is 2. The highest BCUT2D eigenvalue weighted by atomic mass is 32.2. The van der Waals surface area contributed by atoms with E-state index in [4.69, 9.17) is 5.14 Å². The first kappa shape index (κ1) is 19.8. The van der Waals surface area contributed by atoms with Crippen LogP contribution in [-0.4, -0.2) is 26.8 Å². The van der Waals surface area contributed by atoms with Gasteiger partial charge in [-0.05, 0) is 47.9 Å². The van der Waals surface area contributed by atoms with Gasteiger partial charge in [-0.2, -0.15) is 0 Å². The number of hydrogen-bond acceptors (Lipinski definition) is 4. The van der Waals surface area contributed by atoms with E-state index in [9.17, 15) is 18.0 Å². The lowest BCUT2D eigenvalue weighted by atomic mass is 10.2. The number of hydrogen-bond donors (Lipinski definition) is 2. The Morgan fingerprint density at radius 1 is 1.18 bits per heavy atom. The molecule has 0 unspecified atom stereocenters. The van der Waals surface area contributed by atoms with E-state index in [1.165, 1.54) is 6.08 Å². The predicted octanol–water partition coefficient (Wildman–Crippen LogP) is 2.25. The van der Waals surface area contributed by atoms with E-state index in [1.807, 2.05) is 24.3 Å². The third-order valence-electron chi connectivity index (χ3n) is 4.27. The van der Waals surface area contributed by atoms with Crippen LogP contribution in [0.15, 0.2) is 54.6 Å². The highest BCUT2D eigenvalue weighted by Gasteiger charge is 2.21. The Balaban J connectivity index is 1.61. The molecule has 0 atom stereocenters. The molecule has 0 radical (unpaired) electrons. The van der Waals surface area contributed by atoms with Gasteiger partial charge < -0.3 is 10.2 Å². The summed E-state index contributed by atoms with van der Waals surface area (Å²) in [7, 11) is -3.63. The fourth-order valence-corrected chi connectivity index (χ4v) is 3.66. The van der Waals surface area contributed by atoms with Gasteiger partial charge in [0.15, 0.2) is 0 Å². The van der Waals surface area contributed by atoms with Crippen molar-refractivity contribution >= 4 is 39.3 Å². The van der Waals surface area contributed by atoms with Crippen LogP contribution in [0.2, 0.25) is 0 Å². The van der Waals surface area contributed by atoms with Crippen molar-refractivity contribution in [3.05, 3.63) is 65.7 Å². The fourth-order valence-electron chi connectivity index (χ4n) is 3.01. The van der Waals surface area contributed by atoms with E-state index in [1.54, 1.807) is 35.2 Å². The Bertz CT molecular complexity index is 1010. The molecule has 1 heterocycles. The van der Waals surface area contributed by atoms with Crippen molar-refractivity contribution in [1.82, 2.24) is 0 Å². The number of carbonyl (C=O) groups is 2. The highest BCUT2D eigenvalue weighted by Crippen LogP contribution is 2.22. The number of nitrogens with zero attached hydrogens (tertiary/aromatic N) is 1. The molecule has 1 saturated heterocycles. The van der Waals surface area contributed by atoms with Gasteiger partial charge in [0.2, 0.25) is 21.8 Å². The molecule has 28 heavy (non-hydrogen) atoms. The van der Waals surface area contributed by atoms with Gasteiger partial charge in [-0.3, -0.25) is 9.59 Å². The fraction of sp³-hybridized carbons (Fsp3) is 0.200. The predicted molar refractivity (Wildman–Crippen MR) is 109 cm³/mol. The summed E-state index contributed by atoms with van der Waals surface area (Å²) in [6, 6.07) is 13.9. The van der Waals surface area contributed by atoms with Crippen molar-refractivity contribution in [3.8, 4) is 0 Å². The van der Waals surface area contributed by atoms with Gasteiger partial charge in [0.1, 0.15) is 0 Å². The van der Waals surface area contributed by atoms with E-state index < -0.39 is 10.0 Å². The van der Waals surface area contributed by atoms with Gasteiger partial charge in [-0.15, -0.1) is 0 Å². The van der Waals surface area contributed by atoms with Gasteiger partial charge >= 0.3 is 0 Å². The van der Waals surface area contributed by atoms with Crippen LogP contribution in [0.1, 0.15) is 24.0 Å². The minimum absolute atomic E-state index is 0.132. The Morgan fingerprint density at radius 2 is 1.93 bits per heavy atom. The second-order valence-electron chi connectivity index (χ2n) is 6.57. The zero-order valence-corrected chi connectivity index (χ0v) is 16.0. The Hall–Kier alpha value is -2.97. The molecule has 3 rings (SSSR count). The second-order valence-corrected chi connectivity index (χ2v) is 8.19. The van der Waals surface area contributed by atoms with Crippen molar-refractivity contribution in [2.75, 3.05) is 16.8 Å². The van der Waals surface area contributed by atoms with Crippen LogP contribution < -0.4 is 15.4 Å². The van der Waals surface area contributed by atoms with Crippen molar-refractivity contribution in [2.45, 2.75) is 18.6 Å². The minimum atomic E-state index is -3.63. The molecular weight excluding hydrogens is 378 g/mol. The Morgan fingerprint density at radius 3 is 2.57 bits per heavy atom. The molecule has 1 fully saturated rings. The summed E-state index contributed by atoms with van der Waals surface area (Å²) in [4.78, 5) is 25.6. The highest BCUT2D eigenvalue weighted by molar-refractivity contribution is 7.88. The zero-order chi connectivity index (χ0) is 20.1. The largest absolute Gasteiger partial charge is 0.323 e. The number of sulfonamides is 1.